The van der Waals surface area contributed by atoms with Crippen LogP contribution in [-0.4, -0.2) is 22.7 Å². The molecule has 0 saturated carbocycles. The second-order valence-electron chi connectivity index (χ2n) is 5.23. The standard InChI is InChI=1S/C17H17N3O2/c1-11-4-3-5-12(2)17(11)22-10-16(21)19-14-6-7-15-13(8-14)9-18-20-15/h3-9H,10H2,1-2H3,(H,18,20)(H,19,21). The average Bonchev–Trinajstić information content (AvgIpc) is 2.94. The number of para-hydroxylation sites is 1. The van der Waals surface area contributed by atoms with Crippen LogP contribution in [-0.2, 0) is 4.79 Å². The number of ether oxygens (including phenoxy) is 1. The smallest absolute Gasteiger partial charge is 0.262 e. The van der Waals surface area contributed by atoms with Crippen molar-refractivity contribution >= 4 is 22.5 Å². The first kappa shape index (κ1) is 14.1. The summed E-state index contributed by atoms with van der Waals surface area (Å²) in [5.41, 5.74) is 3.70. The Balaban J connectivity index is 1.65. The molecule has 1 amide bonds. The number of hydrogen-bond donors (Lipinski definition) is 2. The number of nitrogens with zero attached hydrogens (tertiary/aromatic N) is 1. The molecule has 3 aromatic rings. The zero-order chi connectivity index (χ0) is 15.5. The van der Waals surface area contributed by atoms with Gasteiger partial charge in [0, 0.05) is 11.1 Å². The monoisotopic (exact) mass is 295 g/mol. The highest BCUT2D eigenvalue weighted by Gasteiger charge is 2.08. The third kappa shape index (κ3) is 2.93. The van der Waals surface area contributed by atoms with E-state index in [1.807, 2.05) is 50.2 Å². The van der Waals surface area contributed by atoms with Gasteiger partial charge in [0.25, 0.3) is 5.91 Å². The molecule has 2 N–H and O–H groups in total. The number of nitrogens with one attached hydrogen (secondary N) is 2. The normalized spacial score (nSPS) is 10.6. The zero-order valence-corrected chi connectivity index (χ0v) is 12.5. The number of carbonyl (C=O) groups excluding carboxylic acids is 1. The molecule has 0 aliphatic rings. The number of amides is 1. The summed E-state index contributed by atoms with van der Waals surface area (Å²) >= 11 is 0. The van der Waals surface area contributed by atoms with Gasteiger partial charge >= 0.3 is 0 Å². The summed E-state index contributed by atoms with van der Waals surface area (Å²) < 4.78 is 5.64. The second-order valence-corrected chi connectivity index (χ2v) is 5.23. The summed E-state index contributed by atoms with van der Waals surface area (Å²) in [6, 6.07) is 11.5. The maximum absolute atomic E-state index is 12.0. The number of anilines is 1. The molecule has 0 saturated heterocycles. The van der Waals surface area contributed by atoms with Gasteiger partial charge in [0.2, 0.25) is 0 Å². The number of hydrogen-bond acceptors (Lipinski definition) is 3. The van der Waals surface area contributed by atoms with Crippen molar-refractivity contribution in [3.63, 3.8) is 0 Å². The van der Waals surface area contributed by atoms with Crippen LogP contribution in [0.1, 0.15) is 11.1 Å². The van der Waals surface area contributed by atoms with Crippen LogP contribution in [0.25, 0.3) is 10.9 Å². The van der Waals surface area contributed by atoms with Gasteiger partial charge in [0.15, 0.2) is 6.61 Å². The molecule has 1 aromatic heterocycles. The summed E-state index contributed by atoms with van der Waals surface area (Å²) in [5, 5.41) is 10.6. The lowest BCUT2D eigenvalue weighted by molar-refractivity contribution is -0.118. The summed E-state index contributed by atoms with van der Waals surface area (Å²) in [4.78, 5) is 12.0. The molecular formula is C17H17N3O2. The fourth-order valence-electron chi connectivity index (χ4n) is 2.38. The lowest BCUT2D eigenvalue weighted by Gasteiger charge is -2.12. The average molecular weight is 295 g/mol. The first-order valence-corrected chi connectivity index (χ1v) is 7.05. The van der Waals surface area contributed by atoms with Crippen molar-refractivity contribution in [2.45, 2.75) is 13.8 Å². The van der Waals surface area contributed by atoms with E-state index in [1.165, 1.54) is 0 Å². The van der Waals surface area contributed by atoms with Crippen molar-refractivity contribution in [2.24, 2.45) is 0 Å². The van der Waals surface area contributed by atoms with Crippen molar-refractivity contribution in [1.82, 2.24) is 10.2 Å². The quantitative estimate of drug-likeness (QED) is 0.776. The van der Waals surface area contributed by atoms with Crippen LogP contribution >= 0.6 is 0 Å². The first-order chi connectivity index (χ1) is 10.6. The van der Waals surface area contributed by atoms with Gasteiger partial charge in [-0.15, -0.1) is 0 Å². The summed E-state index contributed by atoms with van der Waals surface area (Å²) in [5.74, 6) is 0.577. The van der Waals surface area contributed by atoms with Crippen LogP contribution < -0.4 is 10.1 Å². The first-order valence-electron chi connectivity index (χ1n) is 7.05. The molecular weight excluding hydrogens is 278 g/mol. The lowest BCUT2D eigenvalue weighted by Crippen LogP contribution is -2.20. The van der Waals surface area contributed by atoms with Gasteiger partial charge in [-0.2, -0.15) is 5.10 Å². The molecule has 112 valence electrons. The van der Waals surface area contributed by atoms with Gasteiger partial charge in [0.05, 0.1) is 11.7 Å². The third-order valence-electron chi connectivity index (χ3n) is 3.48. The van der Waals surface area contributed by atoms with Crippen LogP contribution in [0.2, 0.25) is 0 Å². The molecule has 0 unspecified atom stereocenters. The number of aryl methyl sites for hydroxylation is 2. The molecule has 0 spiro atoms. The van der Waals surface area contributed by atoms with Gasteiger partial charge in [-0.05, 0) is 43.2 Å². The minimum atomic E-state index is -0.189. The maximum Gasteiger partial charge on any atom is 0.262 e. The van der Waals surface area contributed by atoms with E-state index in [0.717, 1.165) is 33.5 Å². The largest absolute Gasteiger partial charge is 0.483 e. The van der Waals surface area contributed by atoms with E-state index in [9.17, 15) is 4.79 Å². The molecule has 0 aliphatic heterocycles. The molecule has 0 fully saturated rings. The number of benzene rings is 2. The Bertz CT molecular complexity index is 803. The minimum Gasteiger partial charge on any atom is -0.483 e. The molecule has 5 nitrogen and oxygen atoms in total. The van der Waals surface area contributed by atoms with Gasteiger partial charge < -0.3 is 10.1 Å². The number of H-pyrrole nitrogens is 1. The summed E-state index contributed by atoms with van der Waals surface area (Å²) in [6.07, 6.45) is 1.72. The highest BCUT2D eigenvalue weighted by molar-refractivity contribution is 5.94. The highest BCUT2D eigenvalue weighted by Crippen LogP contribution is 2.22. The van der Waals surface area contributed by atoms with Crippen LogP contribution in [0, 0.1) is 13.8 Å². The number of aromatic nitrogens is 2. The van der Waals surface area contributed by atoms with Gasteiger partial charge in [-0.3, -0.25) is 9.89 Å². The van der Waals surface area contributed by atoms with E-state index in [-0.39, 0.29) is 12.5 Å². The fourth-order valence-corrected chi connectivity index (χ4v) is 2.38. The molecule has 0 aliphatic carbocycles. The van der Waals surface area contributed by atoms with E-state index in [1.54, 1.807) is 6.20 Å². The number of aromatic amines is 1. The molecule has 5 heteroatoms. The molecule has 0 atom stereocenters. The number of rotatable bonds is 4. The third-order valence-corrected chi connectivity index (χ3v) is 3.48. The van der Waals surface area contributed by atoms with E-state index >= 15 is 0 Å². The van der Waals surface area contributed by atoms with E-state index in [0.29, 0.717) is 0 Å². The van der Waals surface area contributed by atoms with Crippen molar-refractivity contribution in [1.29, 1.82) is 0 Å². The van der Waals surface area contributed by atoms with Crippen LogP contribution in [0.15, 0.2) is 42.6 Å². The Morgan fingerprint density at radius 2 is 2.00 bits per heavy atom. The van der Waals surface area contributed by atoms with Crippen molar-refractivity contribution < 1.29 is 9.53 Å². The Morgan fingerprint density at radius 3 is 2.77 bits per heavy atom. The molecule has 22 heavy (non-hydrogen) atoms. The summed E-state index contributed by atoms with van der Waals surface area (Å²) in [6.45, 7) is 3.91. The number of carbonyl (C=O) groups is 1. The van der Waals surface area contributed by atoms with E-state index < -0.39 is 0 Å². The van der Waals surface area contributed by atoms with Crippen LogP contribution in [0.5, 0.6) is 5.75 Å². The van der Waals surface area contributed by atoms with Gasteiger partial charge in [-0.1, -0.05) is 18.2 Å². The van der Waals surface area contributed by atoms with Crippen LogP contribution in [0.3, 0.4) is 0 Å². The SMILES string of the molecule is Cc1cccc(C)c1OCC(=O)Nc1ccc2[nH]ncc2c1. The molecule has 2 aromatic carbocycles. The summed E-state index contributed by atoms with van der Waals surface area (Å²) in [7, 11) is 0. The zero-order valence-electron chi connectivity index (χ0n) is 12.5. The predicted octanol–water partition coefficient (Wildman–Crippen LogP) is 3.20. The second kappa shape index (κ2) is 5.89. The predicted molar refractivity (Wildman–Crippen MR) is 86.1 cm³/mol. The van der Waals surface area contributed by atoms with E-state index in [4.69, 9.17) is 4.74 Å². The fraction of sp³-hybridized carbons (Fsp3) is 0.176. The molecule has 1 heterocycles. The van der Waals surface area contributed by atoms with Crippen molar-refractivity contribution in [3.05, 3.63) is 53.7 Å². The topological polar surface area (TPSA) is 67.0 Å². The molecule has 0 bridgehead atoms. The van der Waals surface area contributed by atoms with Crippen molar-refractivity contribution in [3.8, 4) is 5.75 Å². The highest BCUT2D eigenvalue weighted by atomic mass is 16.5. The van der Waals surface area contributed by atoms with Crippen molar-refractivity contribution in [2.75, 3.05) is 11.9 Å². The van der Waals surface area contributed by atoms with Gasteiger partial charge in [-0.25, -0.2) is 0 Å². The Hall–Kier alpha value is -2.82. The molecule has 3 rings (SSSR count). The van der Waals surface area contributed by atoms with E-state index in [2.05, 4.69) is 15.5 Å². The molecule has 0 radical (unpaired) electrons. The maximum atomic E-state index is 12.0. The Labute approximate surface area is 128 Å². The Morgan fingerprint density at radius 1 is 1.23 bits per heavy atom. The Kier molecular flexibility index (Phi) is 3.78. The minimum absolute atomic E-state index is 0.0187. The number of fused-ring (bicyclic) bond motifs is 1. The lowest BCUT2D eigenvalue weighted by atomic mass is 10.1. The van der Waals surface area contributed by atoms with Gasteiger partial charge in [0.1, 0.15) is 5.75 Å². The van der Waals surface area contributed by atoms with Crippen LogP contribution in [0.4, 0.5) is 5.69 Å².